The minimum atomic E-state index is 0.213. The first kappa shape index (κ1) is 13.1. The van der Waals surface area contributed by atoms with Crippen molar-refractivity contribution in [3.8, 4) is 0 Å². The molecule has 0 saturated carbocycles. The lowest BCUT2D eigenvalue weighted by atomic mass is 10.0. The molecule has 0 aromatic carbocycles. The minimum Gasteiger partial charge on any atom is -0.377 e. The van der Waals surface area contributed by atoms with Crippen molar-refractivity contribution >= 4 is 0 Å². The normalized spacial score (nSPS) is 15.0. The Morgan fingerprint density at radius 3 is 2.81 bits per heavy atom. The van der Waals surface area contributed by atoms with Gasteiger partial charge < -0.3 is 14.6 Å². The van der Waals surface area contributed by atoms with Crippen LogP contribution in [0.15, 0.2) is 4.52 Å². The average Bonchev–Trinajstić information content (AvgIpc) is 2.74. The molecule has 0 saturated heterocycles. The van der Waals surface area contributed by atoms with Crippen LogP contribution >= 0.6 is 0 Å². The van der Waals surface area contributed by atoms with Gasteiger partial charge >= 0.3 is 0 Å². The van der Waals surface area contributed by atoms with E-state index in [2.05, 4.69) is 36.2 Å². The fraction of sp³-hybridized carbons (Fsp3) is 0.818. The third-order valence-corrected chi connectivity index (χ3v) is 2.61. The summed E-state index contributed by atoms with van der Waals surface area (Å²) in [5.74, 6) is 1.49. The zero-order chi connectivity index (χ0) is 12.0. The van der Waals surface area contributed by atoms with Gasteiger partial charge in [0.2, 0.25) is 5.89 Å². The molecule has 1 heterocycles. The SMILES string of the molecule is CCCNC(C)C(C)c1nc(COC)no1. The number of nitrogens with zero attached hydrogens (tertiary/aromatic N) is 2. The smallest absolute Gasteiger partial charge is 0.231 e. The van der Waals surface area contributed by atoms with Gasteiger partial charge in [0.15, 0.2) is 5.82 Å². The first-order chi connectivity index (χ1) is 7.69. The lowest BCUT2D eigenvalue weighted by Crippen LogP contribution is -2.31. The Hall–Kier alpha value is -0.940. The lowest BCUT2D eigenvalue weighted by Gasteiger charge is -2.17. The molecule has 0 aliphatic heterocycles. The molecule has 2 unspecified atom stereocenters. The maximum Gasteiger partial charge on any atom is 0.231 e. The zero-order valence-electron chi connectivity index (χ0n) is 10.5. The number of ether oxygens (including phenoxy) is 1. The van der Waals surface area contributed by atoms with Crippen LogP contribution in [0.4, 0.5) is 0 Å². The van der Waals surface area contributed by atoms with E-state index in [0.29, 0.717) is 24.4 Å². The molecule has 1 rings (SSSR count). The number of rotatable bonds is 7. The second-order valence-corrected chi connectivity index (χ2v) is 4.01. The maximum absolute atomic E-state index is 5.20. The van der Waals surface area contributed by atoms with Crippen LogP contribution < -0.4 is 5.32 Å². The molecule has 0 aliphatic rings. The van der Waals surface area contributed by atoms with Crippen LogP contribution in [0.25, 0.3) is 0 Å². The highest BCUT2D eigenvalue weighted by Gasteiger charge is 2.19. The Balaban J connectivity index is 2.53. The molecule has 0 amide bonds. The Labute approximate surface area is 96.6 Å². The predicted octanol–water partition coefficient (Wildman–Crippen LogP) is 1.71. The monoisotopic (exact) mass is 227 g/mol. The maximum atomic E-state index is 5.20. The number of methoxy groups -OCH3 is 1. The molecule has 1 N–H and O–H groups in total. The molecular weight excluding hydrogens is 206 g/mol. The molecule has 0 bridgehead atoms. The van der Waals surface area contributed by atoms with Crippen LogP contribution in [-0.2, 0) is 11.3 Å². The van der Waals surface area contributed by atoms with Crippen molar-refractivity contribution < 1.29 is 9.26 Å². The van der Waals surface area contributed by atoms with Gasteiger partial charge in [0.1, 0.15) is 6.61 Å². The van der Waals surface area contributed by atoms with Crippen LogP contribution in [0.3, 0.4) is 0 Å². The highest BCUT2D eigenvalue weighted by molar-refractivity contribution is 4.95. The topological polar surface area (TPSA) is 60.2 Å². The number of hydrogen-bond acceptors (Lipinski definition) is 5. The highest BCUT2D eigenvalue weighted by atomic mass is 16.5. The van der Waals surface area contributed by atoms with Crippen molar-refractivity contribution in [2.45, 2.75) is 45.8 Å². The molecule has 1 aromatic heterocycles. The molecule has 16 heavy (non-hydrogen) atoms. The Morgan fingerprint density at radius 1 is 1.44 bits per heavy atom. The average molecular weight is 227 g/mol. The van der Waals surface area contributed by atoms with Gasteiger partial charge in [-0.05, 0) is 19.9 Å². The van der Waals surface area contributed by atoms with E-state index < -0.39 is 0 Å². The van der Waals surface area contributed by atoms with Gasteiger partial charge in [0.05, 0.1) is 5.92 Å². The van der Waals surface area contributed by atoms with E-state index in [9.17, 15) is 0 Å². The largest absolute Gasteiger partial charge is 0.377 e. The van der Waals surface area contributed by atoms with Crippen LogP contribution in [0.5, 0.6) is 0 Å². The Morgan fingerprint density at radius 2 is 2.19 bits per heavy atom. The van der Waals surface area contributed by atoms with Crippen molar-refractivity contribution in [2.75, 3.05) is 13.7 Å². The summed E-state index contributed by atoms with van der Waals surface area (Å²) in [5, 5.41) is 7.26. The number of nitrogens with one attached hydrogen (secondary N) is 1. The van der Waals surface area contributed by atoms with Crippen LogP contribution in [0.1, 0.15) is 44.8 Å². The lowest BCUT2D eigenvalue weighted by molar-refractivity contribution is 0.174. The highest BCUT2D eigenvalue weighted by Crippen LogP contribution is 2.17. The standard InChI is InChI=1S/C11H21N3O2/c1-5-6-12-9(3)8(2)11-13-10(7-15-4)14-16-11/h8-9,12H,5-7H2,1-4H3. The number of hydrogen-bond donors (Lipinski definition) is 1. The molecule has 2 atom stereocenters. The van der Waals surface area contributed by atoms with Crippen molar-refractivity contribution in [1.29, 1.82) is 0 Å². The molecule has 5 heteroatoms. The Kier molecular flexibility index (Phi) is 5.42. The fourth-order valence-corrected chi connectivity index (χ4v) is 1.40. The Bertz CT molecular complexity index is 301. The summed E-state index contributed by atoms with van der Waals surface area (Å²) in [6.07, 6.45) is 1.12. The quantitative estimate of drug-likeness (QED) is 0.768. The molecule has 0 spiro atoms. The van der Waals surface area contributed by atoms with Gasteiger partial charge in [-0.25, -0.2) is 0 Å². The van der Waals surface area contributed by atoms with Crippen molar-refractivity contribution in [3.63, 3.8) is 0 Å². The zero-order valence-corrected chi connectivity index (χ0v) is 10.5. The van der Waals surface area contributed by atoms with Crippen molar-refractivity contribution in [1.82, 2.24) is 15.5 Å². The molecular formula is C11H21N3O2. The van der Waals surface area contributed by atoms with Crippen LogP contribution in [0, 0.1) is 0 Å². The van der Waals surface area contributed by atoms with E-state index in [4.69, 9.17) is 9.26 Å². The third kappa shape index (κ3) is 3.57. The van der Waals surface area contributed by atoms with Gasteiger partial charge in [-0.15, -0.1) is 0 Å². The second kappa shape index (κ2) is 6.60. The molecule has 0 aliphatic carbocycles. The van der Waals surface area contributed by atoms with E-state index in [1.165, 1.54) is 0 Å². The molecule has 0 radical (unpaired) electrons. The summed E-state index contributed by atoms with van der Waals surface area (Å²) in [5.41, 5.74) is 0. The van der Waals surface area contributed by atoms with Crippen LogP contribution in [-0.4, -0.2) is 29.8 Å². The first-order valence-electron chi connectivity index (χ1n) is 5.73. The summed E-state index contributed by atoms with van der Waals surface area (Å²) in [4.78, 5) is 4.29. The van der Waals surface area contributed by atoms with E-state index in [1.54, 1.807) is 7.11 Å². The second-order valence-electron chi connectivity index (χ2n) is 4.01. The van der Waals surface area contributed by atoms with E-state index in [1.807, 2.05) is 0 Å². The number of aromatic nitrogens is 2. The summed E-state index contributed by atoms with van der Waals surface area (Å²) < 4.78 is 10.1. The molecule has 5 nitrogen and oxygen atoms in total. The van der Waals surface area contributed by atoms with Crippen molar-refractivity contribution in [2.24, 2.45) is 0 Å². The molecule has 92 valence electrons. The molecule has 1 aromatic rings. The summed E-state index contributed by atoms with van der Waals surface area (Å²) >= 11 is 0. The summed E-state index contributed by atoms with van der Waals surface area (Å²) in [7, 11) is 1.62. The minimum absolute atomic E-state index is 0.213. The first-order valence-corrected chi connectivity index (χ1v) is 5.73. The third-order valence-electron chi connectivity index (χ3n) is 2.61. The van der Waals surface area contributed by atoms with E-state index >= 15 is 0 Å². The summed E-state index contributed by atoms with van der Waals surface area (Å²) in [6.45, 7) is 7.75. The van der Waals surface area contributed by atoms with Crippen LogP contribution in [0.2, 0.25) is 0 Å². The van der Waals surface area contributed by atoms with Gasteiger partial charge in [0.25, 0.3) is 0 Å². The van der Waals surface area contributed by atoms with Gasteiger partial charge in [-0.1, -0.05) is 19.0 Å². The van der Waals surface area contributed by atoms with Crippen molar-refractivity contribution in [3.05, 3.63) is 11.7 Å². The fourth-order valence-electron chi connectivity index (χ4n) is 1.40. The van der Waals surface area contributed by atoms with Gasteiger partial charge in [0, 0.05) is 13.2 Å². The molecule has 0 fully saturated rings. The summed E-state index contributed by atoms with van der Waals surface area (Å²) in [6, 6.07) is 0.329. The predicted molar refractivity (Wildman–Crippen MR) is 61.2 cm³/mol. The van der Waals surface area contributed by atoms with Gasteiger partial charge in [-0.3, -0.25) is 0 Å². The van der Waals surface area contributed by atoms with Gasteiger partial charge in [-0.2, -0.15) is 4.98 Å². The van der Waals surface area contributed by atoms with E-state index in [0.717, 1.165) is 13.0 Å². The van der Waals surface area contributed by atoms with E-state index in [-0.39, 0.29) is 5.92 Å².